The van der Waals surface area contributed by atoms with Gasteiger partial charge >= 0.3 is 5.97 Å². The molecule has 0 fully saturated rings. The van der Waals surface area contributed by atoms with Gasteiger partial charge in [-0.1, -0.05) is 34.1 Å². The largest absolute Gasteiger partial charge is 0.478 e. The van der Waals surface area contributed by atoms with E-state index in [2.05, 4.69) is 15.9 Å². The summed E-state index contributed by atoms with van der Waals surface area (Å²) in [6.07, 6.45) is 3.42. The van der Waals surface area contributed by atoms with E-state index >= 15 is 0 Å². The molecule has 0 spiro atoms. The fourth-order valence-electron chi connectivity index (χ4n) is 1.65. The third-order valence-electron chi connectivity index (χ3n) is 2.35. The maximum absolute atomic E-state index is 11.1. The number of aromatic nitrogens is 1. The monoisotopic (exact) mass is 279 g/mol. The van der Waals surface area contributed by atoms with Crippen LogP contribution in [0.3, 0.4) is 0 Å². The van der Waals surface area contributed by atoms with Crippen LogP contribution in [0, 0.1) is 0 Å². The Kier molecular flexibility index (Phi) is 2.83. The van der Waals surface area contributed by atoms with Gasteiger partial charge in [0.1, 0.15) is 0 Å². The van der Waals surface area contributed by atoms with Crippen molar-refractivity contribution in [3.8, 4) is 11.1 Å². The van der Waals surface area contributed by atoms with E-state index in [-0.39, 0.29) is 0 Å². The number of carbonyl (C=O) groups is 1. The highest BCUT2D eigenvalue weighted by Crippen LogP contribution is 2.31. The molecule has 82 valence electrons. The molecule has 0 atom stereocenters. The second-order valence-corrected chi connectivity index (χ2v) is 4.39. The van der Waals surface area contributed by atoms with E-state index in [1.54, 1.807) is 10.8 Å². The first-order valence-electron chi connectivity index (χ1n) is 4.74. The lowest BCUT2D eigenvalue weighted by Crippen LogP contribution is -1.96. The van der Waals surface area contributed by atoms with Crippen LogP contribution in [0.5, 0.6) is 0 Å². The van der Waals surface area contributed by atoms with Gasteiger partial charge < -0.3 is 9.67 Å². The van der Waals surface area contributed by atoms with Crippen molar-refractivity contribution in [3.63, 3.8) is 0 Å². The first-order valence-corrected chi connectivity index (χ1v) is 5.53. The number of benzene rings is 1. The molecule has 1 N–H and O–H groups in total. The van der Waals surface area contributed by atoms with E-state index in [0.29, 0.717) is 5.56 Å². The summed E-state index contributed by atoms with van der Waals surface area (Å²) >= 11 is 3.42. The van der Waals surface area contributed by atoms with Gasteiger partial charge in [-0.3, -0.25) is 0 Å². The molecule has 0 aliphatic carbocycles. The molecule has 3 nitrogen and oxygen atoms in total. The molecule has 0 saturated carbocycles. The molecule has 0 unspecified atom stereocenters. The number of rotatable bonds is 2. The van der Waals surface area contributed by atoms with Crippen molar-refractivity contribution in [2.75, 3.05) is 0 Å². The number of carboxylic acid groups (broad SMARTS) is 1. The Labute approximate surface area is 101 Å². The maximum Gasteiger partial charge on any atom is 0.337 e. The third kappa shape index (κ3) is 1.88. The lowest BCUT2D eigenvalue weighted by molar-refractivity contribution is 0.0697. The number of carboxylic acids is 1. The van der Waals surface area contributed by atoms with Crippen LogP contribution in [-0.4, -0.2) is 15.6 Å². The summed E-state index contributed by atoms with van der Waals surface area (Å²) in [5, 5.41) is 9.10. The van der Waals surface area contributed by atoms with Crippen LogP contribution in [0.2, 0.25) is 0 Å². The minimum absolute atomic E-state index is 0.314. The highest BCUT2D eigenvalue weighted by molar-refractivity contribution is 9.10. The van der Waals surface area contributed by atoms with Crippen LogP contribution < -0.4 is 0 Å². The Bertz CT molecular complexity index is 546. The normalized spacial score (nSPS) is 10.4. The van der Waals surface area contributed by atoms with Gasteiger partial charge in [-0.25, -0.2) is 4.79 Å². The fraction of sp³-hybridized carbons (Fsp3) is 0.0833. The molecular weight excluding hydrogens is 270 g/mol. The van der Waals surface area contributed by atoms with Crippen molar-refractivity contribution in [2.45, 2.75) is 0 Å². The van der Waals surface area contributed by atoms with Gasteiger partial charge in [0.25, 0.3) is 0 Å². The van der Waals surface area contributed by atoms with Gasteiger partial charge in [0, 0.05) is 29.5 Å². The fourth-order valence-corrected chi connectivity index (χ4v) is 2.15. The summed E-state index contributed by atoms with van der Waals surface area (Å²) in [4.78, 5) is 11.1. The number of nitrogens with zero attached hydrogens (tertiary/aromatic N) is 1. The number of aryl methyl sites for hydroxylation is 1. The Balaban J connectivity index is 2.64. The number of hydrogen-bond acceptors (Lipinski definition) is 1. The summed E-state index contributed by atoms with van der Waals surface area (Å²) in [6, 6.07) is 7.58. The Hall–Kier alpha value is -1.55. The third-order valence-corrected chi connectivity index (χ3v) is 3.04. The molecule has 4 heteroatoms. The van der Waals surface area contributed by atoms with Crippen molar-refractivity contribution >= 4 is 21.9 Å². The second kappa shape index (κ2) is 4.14. The molecule has 2 aromatic rings. The van der Waals surface area contributed by atoms with Gasteiger partial charge in [-0.15, -0.1) is 0 Å². The minimum Gasteiger partial charge on any atom is -0.478 e. The van der Waals surface area contributed by atoms with Crippen LogP contribution >= 0.6 is 15.9 Å². The maximum atomic E-state index is 11.1. The van der Waals surface area contributed by atoms with Crippen molar-refractivity contribution in [1.29, 1.82) is 0 Å². The number of halogens is 1. The average Bonchev–Trinajstić information content (AvgIpc) is 2.61. The van der Waals surface area contributed by atoms with E-state index in [1.807, 2.05) is 37.5 Å². The molecular formula is C12H10BrNO2. The molecule has 2 rings (SSSR count). The van der Waals surface area contributed by atoms with Gasteiger partial charge in [0.15, 0.2) is 0 Å². The highest BCUT2D eigenvalue weighted by Gasteiger charge is 2.15. The zero-order valence-electron chi connectivity index (χ0n) is 8.64. The lowest BCUT2D eigenvalue weighted by Gasteiger charge is -2.02. The SMILES string of the molecule is Cn1cc(C(=O)O)c(-c2ccccc2Br)c1. The molecule has 1 aromatic heterocycles. The zero-order valence-corrected chi connectivity index (χ0v) is 10.2. The zero-order chi connectivity index (χ0) is 11.7. The summed E-state index contributed by atoms with van der Waals surface area (Å²) in [7, 11) is 1.81. The van der Waals surface area contributed by atoms with Crippen LogP contribution in [0.15, 0.2) is 41.1 Å². The van der Waals surface area contributed by atoms with Crippen LogP contribution in [-0.2, 0) is 7.05 Å². The molecule has 0 aliphatic heterocycles. The second-order valence-electron chi connectivity index (χ2n) is 3.54. The highest BCUT2D eigenvalue weighted by atomic mass is 79.9. The summed E-state index contributed by atoms with van der Waals surface area (Å²) in [5.74, 6) is -0.911. The van der Waals surface area contributed by atoms with Gasteiger partial charge in [0.05, 0.1) is 5.56 Å². The summed E-state index contributed by atoms with van der Waals surface area (Å²) in [6.45, 7) is 0. The van der Waals surface area contributed by atoms with E-state index in [9.17, 15) is 4.79 Å². The molecule has 0 aliphatic rings. The first kappa shape index (κ1) is 11.0. The molecule has 0 radical (unpaired) electrons. The van der Waals surface area contributed by atoms with E-state index in [1.165, 1.54) is 0 Å². The molecule has 1 aromatic carbocycles. The Morgan fingerprint density at radius 2 is 1.94 bits per heavy atom. The summed E-state index contributed by atoms with van der Waals surface area (Å²) in [5.41, 5.74) is 1.93. The van der Waals surface area contributed by atoms with Crippen LogP contribution in [0.1, 0.15) is 10.4 Å². The minimum atomic E-state index is -0.911. The van der Waals surface area contributed by atoms with E-state index in [4.69, 9.17) is 5.11 Å². The molecule has 0 saturated heterocycles. The van der Waals surface area contributed by atoms with Gasteiger partial charge in [-0.2, -0.15) is 0 Å². The smallest absolute Gasteiger partial charge is 0.337 e. The predicted molar refractivity (Wildman–Crippen MR) is 65.5 cm³/mol. The molecule has 16 heavy (non-hydrogen) atoms. The molecule has 0 bridgehead atoms. The number of aromatic carboxylic acids is 1. The topological polar surface area (TPSA) is 42.2 Å². The standard InChI is InChI=1S/C12H10BrNO2/c1-14-6-9(10(7-14)12(15)16)8-4-2-3-5-11(8)13/h2-7H,1H3,(H,15,16). The van der Waals surface area contributed by atoms with Crippen molar-refractivity contribution in [2.24, 2.45) is 7.05 Å². The number of hydrogen-bond donors (Lipinski definition) is 1. The van der Waals surface area contributed by atoms with E-state index in [0.717, 1.165) is 15.6 Å². The van der Waals surface area contributed by atoms with Crippen LogP contribution in [0.25, 0.3) is 11.1 Å². The van der Waals surface area contributed by atoms with E-state index < -0.39 is 5.97 Å². The van der Waals surface area contributed by atoms with Crippen molar-refractivity contribution in [3.05, 3.63) is 46.7 Å². The summed E-state index contributed by atoms with van der Waals surface area (Å²) < 4.78 is 2.64. The molecule has 1 heterocycles. The molecule has 0 amide bonds. The first-order chi connectivity index (χ1) is 7.59. The predicted octanol–water partition coefficient (Wildman–Crippen LogP) is 3.15. The average molecular weight is 280 g/mol. The van der Waals surface area contributed by atoms with Crippen LogP contribution in [0.4, 0.5) is 0 Å². The van der Waals surface area contributed by atoms with Crippen molar-refractivity contribution in [1.82, 2.24) is 4.57 Å². The van der Waals surface area contributed by atoms with Gasteiger partial charge in [-0.05, 0) is 11.6 Å². The Morgan fingerprint density at radius 1 is 1.25 bits per heavy atom. The van der Waals surface area contributed by atoms with Gasteiger partial charge in [0.2, 0.25) is 0 Å². The lowest BCUT2D eigenvalue weighted by atomic mass is 10.1. The van der Waals surface area contributed by atoms with Crippen molar-refractivity contribution < 1.29 is 9.90 Å². The Morgan fingerprint density at radius 3 is 2.56 bits per heavy atom. The quantitative estimate of drug-likeness (QED) is 0.918.